The van der Waals surface area contributed by atoms with Crippen LogP contribution < -0.4 is 5.32 Å². The summed E-state index contributed by atoms with van der Waals surface area (Å²) in [5, 5.41) is 2.21. The first kappa shape index (κ1) is 19.8. The molecule has 0 aromatic heterocycles. The highest BCUT2D eigenvalue weighted by molar-refractivity contribution is 6.33. The molecule has 0 aliphatic heterocycles. The number of ether oxygens (including phenoxy) is 1. The molecule has 9 heteroatoms. The second kappa shape index (κ2) is 9.17. The molecular formula is C15H17ClF2N2O4. The number of carbonyl (C=O) groups excluding carboxylic acids is 3. The number of nitrogens with zero attached hydrogens (tertiary/aromatic N) is 1. The van der Waals surface area contributed by atoms with Gasteiger partial charge in [-0.05, 0) is 26.0 Å². The summed E-state index contributed by atoms with van der Waals surface area (Å²) < 4.78 is 30.9. The molecule has 0 radical (unpaired) electrons. The minimum atomic E-state index is -1.26. The number of hydrogen-bond acceptors (Lipinski definition) is 4. The van der Waals surface area contributed by atoms with E-state index in [1.54, 1.807) is 13.8 Å². The van der Waals surface area contributed by atoms with Crippen LogP contribution in [0.15, 0.2) is 12.1 Å². The number of halogens is 3. The van der Waals surface area contributed by atoms with Gasteiger partial charge in [0.2, 0.25) is 5.91 Å². The van der Waals surface area contributed by atoms with Crippen molar-refractivity contribution in [2.24, 2.45) is 0 Å². The van der Waals surface area contributed by atoms with Gasteiger partial charge in [-0.15, -0.1) is 0 Å². The molecule has 0 saturated carbocycles. The molecule has 6 nitrogen and oxygen atoms in total. The Morgan fingerprint density at radius 1 is 1.21 bits per heavy atom. The summed E-state index contributed by atoms with van der Waals surface area (Å²) in [6.07, 6.45) is 0. The van der Waals surface area contributed by atoms with Crippen LogP contribution in [0.2, 0.25) is 5.02 Å². The van der Waals surface area contributed by atoms with Crippen molar-refractivity contribution in [1.29, 1.82) is 0 Å². The van der Waals surface area contributed by atoms with E-state index >= 15 is 0 Å². The minimum absolute atomic E-state index is 0.174. The largest absolute Gasteiger partial charge is 0.452 e. The minimum Gasteiger partial charge on any atom is -0.452 e. The second-order valence-corrected chi connectivity index (χ2v) is 5.09. The molecule has 0 aliphatic rings. The van der Waals surface area contributed by atoms with Crippen LogP contribution in [0.3, 0.4) is 0 Å². The molecule has 1 rings (SSSR count). The van der Waals surface area contributed by atoms with Gasteiger partial charge in [0, 0.05) is 13.1 Å². The molecule has 1 N–H and O–H groups in total. The smallest absolute Gasteiger partial charge is 0.340 e. The molecule has 0 heterocycles. The van der Waals surface area contributed by atoms with Crippen molar-refractivity contribution >= 4 is 29.4 Å². The molecule has 2 amide bonds. The maximum absolute atomic E-state index is 13.2. The van der Waals surface area contributed by atoms with E-state index in [9.17, 15) is 23.2 Å². The number of nitrogens with one attached hydrogen (secondary N) is 1. The molecule has 0 unspecified atom stereocenters. The summed E-state index contributed by atoms with van der Waals surface area (Å²) in [6, 6.07) is 1.24. The van der Waals surface area contributed by atoms with Crippen LogP contribution >= 0.6 is 11.6 Å². The van der Waals surface area contributed by atoms with Gasteiger partial charge in [-0.2, -0.15) is 0 Å². The summed E-state index contributed by atoms with van der Waals surface area (Å²) in [5.41, 5.74) is -0.393. The summed E-state index contributed by atoms with van der Waals surface area (Å²) >= 11 is 5.65. The molecule has 24 heavy (non-hydrogen) atoms. The van der Waals surface area contributed by atoms with E-state index in [2.05, 4.69) is 5.32 Å². The molecule has 0 atom stereocenters. The van der Waals surface area contributed by atoms with Gasteiger partial charge in [0.1, 0.15) is 0 Å². The number of rotatable bonds is 7. The second-order valence-electron chi connectivity index (χ2n) is 4.68. The highest BCUT2D eigenvalue weighted by Crippen LogP contribution is 2.20. The Labute approximate surface area is 142 Å². The maximum atomic E-state index is 13.2. The zero-order chi connectivity index (χ0) is 18.3. The van der Waals surface area contributed by atoms with Crippen molar-refractivity contribution in [3.8, 4) is 0 Å². The number of likely N-dealkylation sites (N-methyl/N-ethyl adjacent to an activating group) is 2. The van der Waals surface area contributed by atoms with E-state index < -0.39 is 35.7 Å². The average Bonchev–Trinajstić information content (AvgIpc) is 2.53. The molecule has 1 aromatic rings. The Kier molecular flexibility index (Phi) is 7.57. The van der Waals surface area contributed by atoms with Crippen molar-refractivity contribution in [3.05, 3.63) is 34.4 Å². The van der Waals surface area contributed by atoms with Gasteiger partial charge in [0.25, 0.3) is 5.91 Å². The lowest BCUT2D eigenvalue weighted by atomic mass is 10.2. The average molecular weight is 363 g/mol. The van der Waals surface area contributed by atoms with Gasteiger partial charge in [-0.25, -0.2) is 13.6 Å². The first-order valence-electron chi connectivity index (χ1n) is 7.16. The Hall–Kier alpha value is -2.22. The van der Waals surface area contributed by atoms with Crippen molar-refractivity contribution < 1.29 is 27.9 Å². The van der Waals surface area contributed by atoms with Crippen molar-refractivity contribution in [2.75, 3.05) is 26.2 Å². The molecule has 0 bridgehead atoms. The lowest BCUT2D eigenvalue weighted by Gasteiger charge is -2.20. The zero-order valence-electron chi connectivity index (χ0n) is 13.2. The van der Waals surface area contributed by atoms with Crippen LogP contribution in [0.4, 0.5) is 8.78 Å². The van der Waals surface area contributed by atoms with Crippen molar-refractivity contribution in [1.82, 2.24) is 10.2 Å². The standard InChI is InChI=1S/C15H17ClF2N2O4/c1-3-19-13(21)7-20(4-2)14(22)8-24-15(23)9-5-11(17)12(18)6-10(9)16/h5-6H,3-4,7-8H2,1-2H3,(H,19,21). The summed E-state index contributed by atoms with van der Waals surface area (Å²) in [7, 11) is 0. The third-order valence-electron chi connectivity index (χ3n) is 3.00. The monoisotopic (exact) mass is 362 g/mol. The molecule has 0 spiro atoms. The Bertz CT molecular complexity index is 640. The van der Waals surface area contributed by atoms with Crippen LogP contribution in [0.5, 0.6) is 0 Å². The van der Waals surface area contributed by atoms with Gasteiger partial charge in [-0.3, -0.25) is 9.59 Å². The van der Waals surface area contributed by atoms with Gasteiger partial charge in [-0.1, -0.05) is 11.6 Å². The first-order valence-corrected chi connectivity index (χ1v) is 7.54. The zero-order valence-corrected chi connectivity index (χ0v) is 14.0. The maximum Gasteiger partial charge on any atom is 0.340 e. The fourth-order valence-corrected chi connectivity index (χ4v) is 2.01. The highest BCUT2D eigenvalue weighted by Gasteiger charge is 2.20. The van der Waals surface area contributed by atoms with Gasteiger partial charge < -0.3 is 15.0 Å². The van der Waals surface area contributed by atoms with E-state index in [4.69, 9.17) is 16.3 Å². The molecule has 1 aromatic carbocycles. The third kappa shape index (κ3) is 5.45. The van der Waals surface area contributed by atoms with Crippen LogP contribution in [0.25, 0.3) is 0 Å². The number of benzene rings is 1. The van der Waals surface area contributed by atoms with Crippen molar-refractivity contribution in [3.63, 3.8) is 0 Å². The molecule has 0 aliphatic carbocycles. The van der Waals surface area contributed by atoms with Crippen LogP contribution in [-0.4, -0.2) is 48.9 Å². The van der Waals surface area contributed by atoms with Gasteiger partial charge in [0.15, 0.2) is 18.2 Å². The number of amides is 2. The number of hydrogen-bond donors (Lipinski definition) is 1. The third-order valence-corrected chi connectivity index (χ3v) is 3.31. The highest BCUT2D eigenvalue weighted by atomic mass is 35.5. The van der Waals surface area contributed by atoms with Crippen LogP contribution in [-0.2, 0) is 14.3 Å². The predicted molar refractivity (Wildman–Crippen MR) is 82.6 cm³/mol. The SMILES string of the molecule is CCNC(=O)CN(CC)C(=O)COC(=O)c1cc(F)c(F)cc1Cl. The number of esters is 1. The van der Waals surface area contributed by atoms with Gasteiger partial charge >= 0.3 is 5.97 Å². The van der Waals surface area contributed by atoms with Gasteiger partial charge in [0.05, 0.1) is 17.1 Å². The first-order chi connectivity index (χ1) is 11.3. The van der Waals surface area contributed by atoms with E-state index in [-0.39, 0.29) is 24.0 Å². The van der Waals surface area contributed by atoms with Crippen LogP contribution in [0.1, 0.15) is 24.2 Å². The molecule has 0 fully saturated rings. The van der Waals surface area contributed by atoms with E-state index in [0.717, 1.165) is 0 Å². The van der Waals surface area contributed by atoms with E-state index in [1.165, 1.54) is 4.90 Å². The summed E-state index contributed by atoms with van der Waals surface area (Å²) in [4.78, 5) is 36.4. The van der Waals surface area contributed by atoms with Crippen molar-refractivity contribution in [2.45, 2.75) is 13.8 Å². The lowest BCUT2D eigenvalue weighted by Crippen LogP contribution is -2.42. The Morgan fingerprint density at radius 3 is 2.42 bits per heavy atom. The molecule has 0 saturated heterocycles. The van der Waals surface area contributed by atoms with E-state index in [1.807, 2.05) is 0 Å². The fraction of sp³-hybridized carbons (Fsp3) is 0.400. The lowest BCUT2D eigenvalue weighted by molar-refractivity contribution is -0.138. The van der Waals surface area contributed by atoms with E-state index in [0.29, 0.717) is 18.7 Å². The summed E-state index contributed by atoms with van der Waals surface area (Å²) in [5.74, 6) is -4.48. The quantitative estimate of drug-likeness (QED) is 0.592. The molecule has 132 valence electrons. The Morgan fingerprint density at radius 2 is 1.83 bits per heavy atom. The topological polar surface area (TPSA) is 75.7 Å². The number of carbonyl (C=O) groups is 3. The predicted octanol–water partition coefficient (Wildman–Crippen LogP) is 1.76. The van der Waals surface area contributed by atoms with Crippen LogP contribution in [0, 0.1) is 11.6 Å². The normalized spacial score (nSPS) is 10.2. The summed E-state index contributed by atoms with van der Waals surface area (Å²) in [6.45, 7) is 3.23. The fourth-order valence-electron chi connectivity index (χ4n) is 1.78. The Balaban J connectivity index is 2.67. The molecular weight excluding hydrogens is 346 g/mol.